The van der Waals surface area contributed by atoms with Gasteiger partial charge in [-0.05, 0) is 32.1 Å². The number of rotatable bonds is 43. The van der Waals surface area contributed by atoms with Crippen molar-refractivity contribution in [3.63, 3.8) is 0 Å². The second-order valence-corrected chi connectivity index (χ2v) is 17.4. The molecule has 0 rings (SSSR count). The minimum absolute atomic E-state index is 0.0546. The van der Waals surface area contributed by atoms with Crippen molar-refractivity contribution in [1.82, 2.24) is 0 Å². The molecule has 0 aliphatic rings. The second-order valence-electron chi connectivity index (χ2n) is 17.4. The van der Waals surface area contributed by atoms with Crippen LogP contribution in [0.3, 0.4) is 0 Å². The summed E-state index contributed by atoms with van der Waals surface area (Å²) >= 11 is 0. The van der Waals surface area contributed by atoms with Crippen LogP contribution < -0.4 is 0 Å². The van der Waals surface area contributed by atoms with E-state index in [1.807, 2.05) is 45.4 Å². The number of aliphatic carboxylic acids is 1. The Morgan fingerprint density at radius 3 is 1.41 bits per heavy atom. The van der Waals surface area contributed by atoms with E-state index >= 15 is 0 Å². The first-order chi connectivity index (χ1) is 28.6. The molecule has 0 bridgehead atoms. The summed E-state index contributed by atoms with van der Waals surface area (Å²) in [6, 6.07) is -0.618. The smallest absolute Gasteiger partial charge is 0.362 e. The zero-order chi connectivity index (χ0) is 43.5. The second kappa shape index (κ2) is 42.0. The quantitative estimate of drug-likeness (QED) is 0.0283. The molecule has 0 radical (unpaired) electrons. The molecule has 8 heteroatoms. The number of quaternary nitrogens is 1. The van der Waals surface area contributed by atoms with Gasteiger partial charge in [-0.25, -0.2) is 4.79 Å². The lowest BCUT2D eigenvalue weighted by atomic mass is 10.0. The van der Waals surface area contributed by atoms with Crippen molar-refractivity contribution >= 4 is 17.9 Å². The van der Waals surface area contributed by atoms with E-state index in [4.69, 9.17) is 14.2 Å². The van der Waals surface area contributed by atoms with Crippen LogP contribution in [0, 0.1) is 0 Å². The fourth-order valence-electron chi connectivity index (χ4n) is 7.10. The first-order valence-electron chi connectivity index (χ1n) is 24.2. The largest absolute Gasteiger partial charge is 0.477 e. The standard InChI is InChI=1S/C51H91NO7/c1-6-8-10-12-14-16-18-20-22-23-24-25-26-28-30-32-34-36-38-40-42-50(54)59-47(45-57-44-43-48(51(55)56)52(3,4)5)46-58-49(53)41-39-37-35-33-31-29-27-21-19-17-15-13-11-9-7-2/h9,11,13,15,17,19,21,27,47-48H,6-8,10,12,14,16,18,20,22-26,28-46H2,1-5H3/p+1/b11-9+,15-13+,19-17+,27-21+. The van der Waals surface area contributed by atoms with Crippen molar-refractivity contribution in [2.45, 2.75) is 219 Å². The number of ether oxygens (including phenoxy) is 3. The average Bonchev–Trinajstić information content (AvgIpc) is 3.19. The number of carboxylic acid groups (broad SMARTS) is 1. The van der Waals surface area contributed by atoms with Gasteiger partial charge in [0.25, 0.3) is 0 Å². The molecule has 0 heterocycles. The number of unbranched alkanes of at least 4 members (excludes halogenated alkanes) is 24. The summed E-state index contributed by atoms with van der Waals surface area (Å²) in [6.45, 7) is 4.60. The van der Waals surface area contributed by atoms with Crippen LogP contribution in [0.4, 0.5) is 0 Å². The zero-order valence-electron chi connectivity index (χ0n) is 39.0. The van der Waals surface area contributed by atoms with Crippen molar-refractivity contribution in [2.24, 2.45) is 0 Å². The maximum atomic E-state index is 12.8. The minimum atomic E-state index is -0.878. The molecule has 0 aromatic carbocycles. The molecule has 8 nitrogen and oxygen atoms in total. The van der Waals surface area contributed by atoms with Gasteiger partial charge in [0.2, 0.25) is 0 Å². The van der Waals surface area contributed by atoms with E-state index in [0.29, 0.717) is 19.3 Å². The Balaban J connectivity index is 4.28. The first-order valence-corrected chi connectivity index (χ1v) is 24.2. The SMILES string of the molecule is CC/C=C/C=C/C=C/C=C/CCCCCCCC(=O)OCC(COCCC(C(=O)O)[N+](C)(C)C)OC(=O)CCCCCCCCCCCCCCCCCCCCCC. The number of likely N-dealkylation sites (N-methyl/N-ethyl adjacent to an activating group) is 1. The highest BCUT2D eigenvalue weighted by Crippen LogP contribution is 2.16. The number of carboxylic acids is 1. The van der Waals surface area contributed by atoms with E-state index in [1.54, 1.807) is 0 Å². The van der Waals surface area contributed by atoms with Crippen LogP contribution in [0.2, 0.25) is 0 Å². The van der Waals surface area contributed by atoms with Crippen LogP contribution in [0.5, 0.6) is 0 Å². The summed E-state index contributed by atoms with van der Waals surface area (Å²) in [5, 5.41) is 9.64. The molecule has 0 aliphatic carbocycles. The third-order valence-corrected chi connectivity index (χ3v) is 10.8. The van der Waals surface area contributed by atoms with E-state index in [9.17, 15) is 19.5 Å². The summed E-state index contributed by atoms with van der Waals surface area (Å²) in [7, 11) is 5.52. The number of carbonyl (C=O) groups is 3. The molecule has 2 atom stereocenters. The fourth-order valence-corrected chi connectivity index (χ4v) is 7.10. The Hall–Kier alpha value is -2.71. The molecule has 0 aliphatic heterocycles. The van der Waals surface area contributed by atoms with Crippen LogP contribution in [0.25, 0.3) is 0 Å². The van der Waals surface area contributed by atoms with Gasteiger partial charge in [-0.1, -0.05) is 204 Å². The molecule has 59 heavy (non-hydrogen) atoms. The fraction of sp³-hybridized carbons (Fsp3) is 0.784. The zero-order valence-corrected chi connectivity index (χ0v) is 39.0. The monoisotopic (exact) mass is 831 g/mol. The predicted octanol–water partition coefficient (Wildman–Crippen LogP) is 13.6. The minimum Gasteiger partial charge on any atom is -0.477 e. The lowest BCUT2D eigenvalue weighted by molar-refractivity contribution is -0.887. The average molecular weight is 831 g/mol. The Morgan fingerprint density at radius 1 is 0.525 bits per heavy atom. The van der Waals surface area contributed by atoms with Crippen molar-refractivity contribution in [3.8, 4) is 0 Å². The molecule has 0 saturated carbocycles. The Labute approximate surface area is 363 Å². The van der Waals surface area contributed by atoms with Gasteiger partial charge >= 0.3 is 17.9 Å². The molecule has 0 fully saturated rings. The number of allylic oxidation sites excluding steroid dienone is 8. The van der Waals surface area contributed by atoms with Gasteiger partial charge in [0, 0.05) is 19.3 Å². The molecule has 0 amide bonds. The maximum Gasteiger partial charge on any atom is 0.362 e. The number of hydrogen-bond donors (Lipinski definition) is 1. The van der Waals surface area contributed by atoms with Gasteiger partial charge in [-0.15, -0.1) is 0 Å². The van der Waals surface area contributed by atoms with Crippen LogP contribution in [0.15, 0.2) is 48.6 Å². The Bertz CT molecular complexity index is 1110. The van der Waals surface area contributed by atoms with Gasteiger partial charge in [0.05, 0.1) is 34.4 Å². The van der Waals surface area contributed by atoms with Gasteiger partial charge in [-0.3, -0.25) is 9.59 Å². The molecular weight excluding hydrogens is 739 g/mol. The van der Waals surface area contributed by atoms with Crippen LogP contribution in [-0.4, -0.2) is 80.6 Å². The van der Waals surface area contributed by atoms with Gasteiger partial charge in [0.15, 0.2) is 12.1 Å². The third kappa shape index (κ3) is 40.5. The molecule has 0 spiro atoms. The van der Waals surface area contributed by atoms with Crippen molar-refractivity contribution in [2.75, 3.05) is 41.0 Å². The molecule has 0 saturated heterocycles. The Morgan fingerprint density at radius 2 is 0.949 bits per heavy atom. The van der Waals surface area contributed by atoms with Gasteiger partial charge < -0.3 is 23.8 Å². The lowest BCUT2D eigenvalue weighted by Gasteiger charge is -2.31. The summed E-state index contributed by atoms with van der Waals surface area (Å²) < 4.78 is 17.3. The van der Waals surface area contributed by atoms with E-state index in [-0.39, 0.29) is 36.2 Å². The highest BCUT2D eigenvalue weighted by Gasteiger charge is 2.31. The molecule has 1 N–H and O–H groups in total. The third-order valence-electron chi connectivity index (χ3n) is 10.8. The predicted molar refractivity (Wildman–Crippen MR) is 248 cm³/mol. The van der Waals surface area contributed by atoms with E-state index in [1.165, 1.54) is 109 Å². The highest BCUT2D eigenvalue weighted by molar-refractivity contribution is 5.72. The summed E-state index contributed by atoms with van der Waals surface area (Å²) in [4.78, 5) is 37.1. The number of esters is 2. The number of carbonyl (C=O) groups excluding carboxylic acids is 2. The highest BCUT2D eigenvalue weighted by atomic mass is 16.6. The van der Waals surface area contributed by atoms with E-state index in [2.05, 4.69) is 38.2 Å². The molecule has 2 unspecified atom stereocenters. The normalized spacial score (nSPS) is 13.3. The van der Waals surface area contributed by atoms with Crippen molar-refractivity contribution < 1.29 is 38.2 Å². The molecule has 342 valence electrons. The Kier molecular flexibility index (Phi) is 40.1. The molecular formula is C51H92NO7+. The summed E-state index contributed by atoms with van der Waals surface area (Å²) in [6.07, 6.45) is 50.1. The first kappa shape index (κ1) is 56.3. The number of hydrogen-bond acceptors (Lipinski definition) is 6. The van der Waals surface area contributed by atoms with Crippen molar-refractivity contribution in [1.29, 1.82) is 0 Å². The molecule has 0 aromatic rings. The van der Waals surface area contributed by atoms with Crippen LogP contribution in [-0.2, 0) is 28.6 Å². The van der Waals surface area contributed by atoms with Gasteiger partial charge in [0.1, 0.15) is 6.61 Å². The van der Waals surface area contributed by atoms with Gasteiger partial charge in [-0.2, -0.15) is 0 Å². The number of nitrogens with zero attached hydrogens (tertiary/aromatic N) is 1. The van der Waals surface area contributed by atoms with E-state index < -0.39 is 18.1 Å². The topological polar surface area (TPSA) is 99.1 Å². The van der Waals surface area contributed by atoms with Crippen LogP contribution >= 0.6 is 0 Å². The van der Waals surface area contributed by atoms with Crippen LogP contribution in [0.1, 0.15) is 206 Å². The summed E-state index contributed by atoms with van der Waals surface area (Å²) in [5.41, 5.74) is 0. The maximum absolute atomic E-state index is 12.8. The van der Waals surface area contributed by atoms with E-state index in [0.717, 1.165) is 64.2 Å². The van der Waals surface area contributed by atoms with Crippen molar-refractivity contribution in [3.05, 3.63) is 48.6 Å². The summed E-state index contributed by atoms with van der Waals surface area (Å²) in [5.74, 6) is -1.49. The molecule has 0 aromatic heterocycles. The lowest BCUT2D eigenvalue weighted by Crippen LogP contribution is -2.50.